The van der Waals surface area contributed by atoms with E-state index in [2.05, 4.69) is 0 Å². The predicted octanol–water partition coefficient (Wildman–Crippen LogP) is 2.31. The van der Waals surface area contributed by atoms with Gasteiger partial charge in [-0.1, -0.05) is 31.4 Å². The molecule has 0 atom stereocenters. The molecule has 0 bridgehead atoms. The van der Waals surface area contributed by atoms with Crippen molar-refractivity contribution in [3.63, 3.8) is 0 Å². The molecular formula is C12H17ClN2O3S. The molecule has 1 amide bonds. The van der Waals surface area contributed by atoms with Crippen LogP contribution in [0.15, 0.2) is 23.1 Å². The molecule has 1 rings (SSSR count). The topological polar surface area (TPSA) is 89.3 Å². The Balaban J connectivity index is 2.75. The lowest BCUT2D eigenvalue weighted by Crippen LogP contribution is -2.30. The van der Waals surface area contributed by atoms with Gasteiger partial charge in [0.05, 0.1) is 15.6 Å². The molecule has 5 nitrogen and oxygen atoms in total. The number of unbranched alkanes of at least 4 members (excludes halogenated alkanes) is 2. The molecule has 0 saturated heterocycles. The quantitative estimate of drug-likeness (QED) is 0.623. The number of nitrogen functional groups attached to an aromatic ring is 1. The van der Waals surface area contributed by atoms with Crippen LogP contribution >= 0.6 is 11.6 Å². The fourth-order valence-electron chi connectivity index (χ4n) is 1.47. The van der Waals surface area contributed by atoms with Crippen LogP contribution in [-0.2, 0) is 14.8 Å². The minimum absolute atomic E-state index is 0.0736. The average molecular weight is 305 g/mol. The summed E-state index contributed by atoms with van der Waals surface area (Å²) in [6.45, 7) is 2.00. The zero-order valence-corrected chi connectivity index (χ0v) is 12.2. The molecule has 0 aliphatic rings. The fraction of sp³-hybridized carbons (Fsp3) is 0.417. The number of amides is 1. The molecule has 106 valence electrons. The van der Waals surface area contributed by atoms with E-state index in [1.54, 1.807) is 0 Å². The van der Waals surface area contributed by atoms with Crippen LogP contribution < -0.4 is 10.5 Å². The van der Waals surface area contributed by atoms with Crippen LogP contribution in [0.3, 0.4) is 0 Å². The maximum atomic E-state index is 11.9. The van der Waals surface area contributed by atoms with Gasteiger partial charge in [0.2, 0.25) is 5.91 Å². The zero-order chi connectivity index (χ0) is 14.5. The number of benzene rings is 1. The van der Waals surface area contributed by atoms with Crippen molar-refractivity contribution in [2.45, 2.75) is 37.5 Å². The van der Waals surface area contributed by atoms with Gasteiger partial charge in [0.15, 0.2) is 0 Å². The summed E-state index contributed by atoms with van der Waals surface area (Å²) in [5.74, 6) is -0.513. The first kappa shape index (κ1) is 15.8. The van der Waals surface area contributed by atoms with Crippen LogP contribution in [0.2, 0.25) is 5.02 Å². The van der Waals surface area contributed by atoms with Gasteiger partial charge in [-0.2, -0.15) is 0 Å². The number of sulfonamides is 1. The summed E-state index contributed by atoms with van der Waals surface area (Å²) in [5.41, 5.74) is 5.79. The maximum absolute atomic E-state index is 11.9. The summed E-state index contributed by atoms with van der Waals surface area (Å²) in [4.78, 5) is 11.4. The summed E-state index contributed by atoms with van der Waals surface area (Å²) >= 11 is 5.76. The van der Waals surface area contributed by atoms with E-state index in [1.165, 1.54) is 18.2 Å². The molecule has 1 aromatic rings. The zero-order valence-electron chi connectivity index (χ0n) is 10.6. The largest absolute Gasteiger partial charge is 0.398 e. The van der Waals surface area contributed by atoms with Crippen molar-refractivity contribution in [2.75, 3.05) is 5.73 Å². The van der Waals surface area contributed by atoms with Crippen molar-refractivity contribution in [3.05, 3.63) is 23.2 Å². The monoisotopic (exact) mass is 304 g/mol. The first-order chi connectivity index (χ1) is 8.86. The first-order valence-corrected chi connectivity index (χ1v) is 7.83. The Morgan fingerprint density at radius 1 is 1.37 bits per heavy atom. The number of nitrogens with one attached hydrogen (secondary N) is 1. The average Bonchev–Trinajstić information content (AvgIpc) is 2.32. The number of carbonyl (C=O) groups is 1. The second kappa shape index (κ2) is 6.77. The van der Waals surface area contributed by atoms with Gasteiger partial charge in [-0.3, -0.25) is 4.79 Å². The molecule has 0 aromatic heterocycles. The van der Waals surface area contributed by atoms with Crippen molar-refractivity contribution >= 4 is 33.2 Å². The Kier molecular flexibility index (Phi) is 5.62. The SMILES string of the molecule is CCCCCC(=O)NS(=O)(=O)c1ccc(N)c(Cl)c1. The minimum Gasteiger partial charge on any atom is -0.398 e. The molecule has 0 unspecified atom stereocenters. The van der Waals surface area contributed by atoms with Gasteiger partial charge in [-0.15, -0.1) is 0 Å². The highest BCUT2D eigenvalue weighted by atomic mass is 35.5. The van der Waals surface area contributed by atoms with Crippen LogP contribution in [0.4, 0.5) is 5.69 Å². The van der Waals surface area contributed by atoms with Gasteiger partial charge in [0.1, 0.15) is 0 Å². The number of rotatable bonds is 6. The van der Waals surface area contributed by atoms with E-state index in [4.69, 9.17) is 17.3 Å². The smallest absolute Gasteiger partial charge is 0.264 e. The second-order valence-corrected chi connectivity index (χ2v) is 6.26. The van der Waals surface area contributed by atoms with E-state index in [1.807, 2.05) is 11.6 Å². The molecule has 0 spiro atoms. The summed E-state index contributed by atoms with van der Waals surface area (Å²) in [6, 6.07) is 3.92. The number of anilines is 1. The predicted molar refractivity (Wildman–Crippen MR) is 75.3 cm³/mol. The van der Waals surface area contributed by atoms with Gasteiger partial charge in [0, 0.05) is 6.42 Å². The molecule has 0 fully saturated rings. The molecule has 1 aromatic carbocycles. The maximum Gasteiger partial charge on any atom is 0.264 e. The van der Waals surface area contributed by atoms with Crippen molar-refractivity contribution in [1.29, 1.82) is 0 Å². The first-order valence-electron chi connectivity index (χ1n) is 5.97. The van der Waals surface area contributed by atoms with Crippen molar-refractivity contribution in [3.8, 4) is 0 Å². The molecule has 0 aliphatic carbocycles. The molecule has 0 saturated carbocycles. The van der Waals surface area contributed by atoms with Crippen LogP contribution in [0.1, 0.15) is 32.6 Å². The Morgan fingerprint density at radius 3 is 2.63 bits per heavy atom. The number of carbonyl (C=O) groups excluding carboxylic acids is 1. The van der Waals surface area contributed by atoms with Crippen LogP contribution in [-0.4, -0.2) is 14.3 Å². The second-order valence-electron chi connectivity index (χ2n) is 4.17. The molecule has 0 radical (unpaired) electrons. The standard InChI is InChI=1S/C12H17ClN2O3S/c1-2-3-4-5-12(16)15-19(17,18)9-6-7-11(14)10(13)8-9/h6-8H,2-5,14H2,1H3,(H,15,16). The van der Waals surface area contributed by atoms with E-state index < -0.39 is 15.9 Å². The molecular weight excluding hydrogens is 288 g/mol. The lowest BCUT2D eigenvalue weighted by atomic mass is 10.2. The Bertz CT molecular complexity index is 558. The summed E-state index contributed by atoms with van der Waals surface area (Å²) in [5, 5.41) is 0.140. The number of hydrogen-bond acceptors (Lipinski definition) is 4. The third-order valence-corrected chi connectivity index (χ3v) is 4.24. The van der Waals surface area contributed by atoms with E-state index >= 15 is 0 Å². The Labute approximate surface area is 118 Å². The highest BCUT2D eigenvalue weighted by Crippen LogP contribution is 2.22. The summed E-state index contributed by atoms with van der Waals surface area (Å²) in [6.07, 6.45) is 2.71. The van der Waals surface area contributed by atoms with Gasteiger partial charge in [-0.05, 0) is 24.6 Å². The van der Waals surface area contributed by atoms with E-state index in [0.717, 1.165) is 12.8 Å². The normalized spacial score (nSPS) is 11.3. The molecule has 0 aliphatic heterocycles. The molecule has 3 N–H and O–H groups in total. The van der Waals surface area contributed by atoms with Gasteiger partial charge in [-0.25, -0.2) is 13.1 Å². The number of nitrogens with two attached hydrogens (primary N) is 1. The van der Waals surface area contributed by atoms with E-state index in [9.17, 15) is 13.2 Å². The molecule has 7 heteroatoms. The lowest BCUT2D eigenvalue weighted by Gasteiger charge is -2.08. The third-order valence-electron chi connectivity index (χ3n) is 2.54. The van der Waals surface area contributed by atoms with Crippen molar-refractivity contribution in [1.82, 2.24) is 4.72 Å². The number of halogens is 1. The Hall–Kier alpha value is -1.27. The highest BCUT2D eigenvalue weighted by Gasteiger charge is 2.18. The van der Waals surface area contributed by atoms with Gasteiger partial charge >= 0.3 is 0 Å². The van der Waals surface area contributed by atoms with Gasteiger partial charge in [0.25, 0.3) is 10.0 Å². The molecule has 0 heterocycles. The van der Waals surface area contributed by atoms with E-state index in [-0.39, 0.29) is 22.0 Å². The van der Waals surface area contributed by atoms with Crippen LogP contribution in [0, 0.1) is 0 Å². The Morgan fingerprint density at radius 2 is 2.05 bits per heavy atom. The minimum atomic E-state index is -3.88. The van der Waals surface area contributed by atoms with E-state index in [0.29, 0.717) is 6.42 Å². The van der Waals surface area contributed by atoms with Crippen molar-refractivity contribution < 1.29 is 13.2 Å². The number of hydrogen-bond donors (Lipinski definition) is 2. The summed E-state index contributed by atoms with van der Waals surface area (Å²) in [7, 11) is -3.88. The summed E-state index contributed by atoms with van der Waals surface area (Å²) < 4.78 is 25.8. The lowest BCUT2D eigenvalue weighted by molar-refractivity contribution is -0.119. The van der Waals surface area contributed by atoms with Crippen molar-refractivity contribution in [2.24, 2.45) is 0 Å². The molecule has 19 heavy (non-hydrogen) atoms. The fourth-order valence-corrected chi connectivity index (χ4v) is 2.76. The van der Waals surface area contributed by atoms with Crippen LogP contribution in [0.25, 0.3) is 0 Å². The highest BCUT2D eigenvalue weighted by molar-refractivity contribution is 7.90. The third kappa shape index (κ3) is 4.72. The van der Waals surface area contributed by atoms with Crippen LogP contribution in [0.5, 0.6) is 0 Å². The van der Waals surface area contributed by atoms with Gasteiger partial charge < -0.3 is 5.73 Å².